The molecular formula is C13H19N3OS. The Morgan fingerprint density at radius 1 is 1.39 bits per heavy atom. The van der Waals surface area contributed by atoms with Crippen LogP contribution < -0.4 is 16.4 Å². The first kappa shape index (κ1) is 14.4. The highest BCUT2D eigenvalue weighted by atomic mass is 32.1. The molecule has 1 amide bonds. The van der Waals surface area contributed by atoms with E-state index in [4.69, 9.17) is 23.7 Å². The van der Waals surface area contributed by atoms with Gasteiger partial charge in [-0.05, 0) is 32.4 Å². The lowest BCUT2D eigenvalue weighted by atomic mass is 10.1. The molecule has 0 saturated carbocycles. The summed E-state index contributed by atoms with van der Waals surface area (Å²) in [5.41, 5.74) is 13.7. The monoisotopic (exact) mass is 265 g/mol. The van der Waals surface area contributed by atoms with Crippen molar-refractivity contribution in [1.29, 1.82) is 0 Å². The van der Waals surface area contributed by atoms with Crippen LogP contribution in [0.2, 0.25) is 0 Å². The maximum absolute atomic E-state index is 11.2. The number of hydrogen-bond donors (Lipinski definition) is 2. The van der Waals surface area contributed by atoms with Gasteiger partial charge in [-0.3, -0.25) is 4.79 Å². The number of hydrogen-bond acceptors (Lipinski definition) is 3. The number of benzene rings is 1. The van der Waals surface area contributed by atoms with Crippen molar-refractivity contribution in [2.45, 2.75) is 26.8 Å². The van der Waals surface area contributed by atoms with Crippen LogP contribution in [0.25, 0.3) is 0 Å². The van der Waals surface area contributed by atoms with Crippen LogP contribution in [-0.2, 0) is 4.79 Å². The molecule has 0 unspecified atom stereocenters. The van der Waals surface area contributed by atoms with E-state index in [-0.39, 0.29) is 18.5 Å². The van der Waals surface area contributed by atoms with E-state index in [1.165, 1.54) is 0 Å². The molecular weight excluding hydrogens is 246 g/mol. The van der Waals surface area contributed by atoms with Crippen LogP contribution in [0.5, 0.6) is 0 Å². The fourth-order valence-electron chi connectivity index (χ4n) is 1.93. The number of rotatable bonds is 5. The standard InChI is InChI=1S/C13H19N3OS/c1-8(2)16(7-11(14)17)12-9(3)5-4-6-10(12)13(15)18/h4-6,8H,7H2,1-3H3,(H2,14,17)(H2,15,18). The van der Waals surface area contributed by atoms with Gasteiger partial charge in [-0.2, -0.15) is 0 Å². The summed E-state index contributed by atoms with van der Waals surface area (Å²) in [5, 5.41) is 0. The highest BCUT2D eigenvalue weighted by molar-refractivity contribution is 7.80. The summed E-state index contributed by atoms with van der Waals surface area (Å²) in [4.78, 5) is 13.4. The molecule has 0 bridgehead atoms. The average Bonchev–Trinajstić information content (AvgIpc) is 2.25. The lowest BCUT2D eigenvalue weighted by molar-refractivity contribution is -0.116. The first-order chi connectivity index (χ1) is 8.34. The smallest absolute Gasteiger partial charge is 0.236 e. The highest BCUT2D eigenvalue weighted by Crippen LogP contribution is 2.26. The van der Waals surface area contributed by atoms with Crippen LogP contribution in [0.3, 0.4) is 0 Å². The predicted molar refractivity (Wildman–Crippen MR) is 78.7 cm³/mol. The second-order valence-electron chi connectivity index (χ2n) is 4.52. The summed E-state index contributed by atoms with van der Waals surface area (Å²) in [6.45, 7) is 6.11. The average molecular weight is 265 g/mol. The molecule has 0 aliphatic carbocycles. The molecule has 4 nitrogen and oxygen atoms in total. The zero-order valence-electron chi connectivity index (χ0n) is 10.9. The van der Waals surface area contributed by atoms with Gasteiger partial charge in [-0.15, -0.1) is 0 Å². The molecule has 4 N–H and O–H groups in total. The topological polar surface area (TPSA) is 72.3 Å². The van der Waals surface area contributed by atoms with Crippen LogP contribution in [0, 0.1) is 6.92 Å². The predicted octanol–water partition coefficient (Wildman–Crippen LogP) is 1.33. The van der Waals surface area contributed by atoms with Crippen LogP contribution >= 0.6 is 12.2 Å². The Labute approximate surface area is 113 Å². The Morgan fingerprint density at radius 3 is 2.44 bits per heavy atom. The number of carbonyl (C=O) groups is 1. The van der Waals surface area contributed by atoms with Gasteiger partial charge < -0.3 is 16.4 Å². The van der Waals surface area contributed by atoms with Gasteiger partial charge in [0.05, 0.1) is 12.2 Å². The van der Waals surface area contributed by atoms with E-state index in [1.54, 1.807) is 0 Å². The molecule has 1 aromatic rings. The zero-order chi connectivity index (χ0) is 13.9. The summed E-state index contributed by atoms with van der Waals surface area (Å²) >= 11 is 5.06. The van der Waals surface area contributed by atoms with E-state index in [9.17, 15) is 4.79 Å². The van der Waals surface area contributed by atoms with E-state index in [1.807, 2.05) is 43.9 Å². The highest BCUT2D eigenvalue weighted by Gasteiger charge is 2.19. The molecule has 0 saturated heterocycles. The quantitative estimate of drug-likeness (QED) is 0.788. The number of anilines is 1. The number of nitrogens with two attached hydrogens (primary N) is 2. The molecule has 0 atom stereocenters. The molecule has 1 rings (SSSR count). The zero-order valence-corrected chi connectivity index (χ0v) is 11.8. The molecule has 1 aromatic carbocycles. The number of primary amides is 1. The molecule has 0 heterocycles. The summed E-state index contributed by atoms with van der Waals surface area (Å²) in [7, 11) is 0. The SMILES string of the molecule is Cc1cccc(C(N)=S)c1N(CC(N)=O)C(C)C. The second kappa shape index (κ2) is 5.82. The van der Waals surface area contributed by atoms with Crippen LogP contribution in [0.4, 0.5) is 5.69 Å². The van der Waals surface area contributed by atoms with Crippen molar-refractivity contribution < 1.29 is 4.79 Å². The summed E-state index contributed by atoms with van der Waals surface area (Å²) < 4.78 is 0. The van der Waals surface area contributed by atoms with Crippen molar-refractivity contribution in [3.05, 3.63) is 29.3 Å². The van der Waals surface area contributed by atoms with Gasteiger partial charge in [0.15, 0.2) is 0 Å². The van der Waals surface area contributed by atoms with Gasteiger partial charge in [-0.1, -0.05) is 24.4 Å². The Kier molecular flexibility index (Phi) is 4.67. The third kappa shape index (κ3) is 3.20. The largest absolute Gasteiger partial charge is 0.389 e. The lowest BCUT2D eigenvalue weighted by Crippen LogP contribution is -2.40. The van der Waals surface area contributed by atoms with Crippen molar-refractivity contribution in [3.63, 3.8) is 0 Å². The van der Waals surface area contributed by atoms with E-state index in [0.29, 0.717) is 4.99 Å². The lowest BCUT2D eigenvalue weighted by Gasteiger charge is -2.31. The molecule has 0 spiro atoms. The van der Waals surface area contributed by atoms with Gasteiger partial charge in [0, 0.05) is 11.6 Å². The van der Waals surface area contributed by atoms with Gasteiger partial charge in [0.2, 0.25) is 5.91 Å². The third-order valence-electron chi connectivity index (χ3n) is 2.74. The minimum Gasteiger partial charge on any atom is -0.389 e. The number of nitrogens with zero attached hydrogens (tertiary/aromatic N) is 1. The summed E-state index contributed by atoms with van der Waals surface area (Å²) in [5.74, 6) is -0.374. The van der Waals surface area contributed by atoms with Crippen molar-refractivity contribution in [3.8, 4) is 0 Å². The van der Waals surface area contributed by atoms with E-state index < -0.39 is 0 Å². The van der Waals surface area contributed by atoms with E-state index >= 15 is 0 Å². The number of thiocarbonyl (C=S) groups is 1. The normalized spacial score (nSPS) is 10.4. The third-order valence-corrected chi connectivity index (χ3v) is 2.96. The Bertz CT molecular complexity index is 471. The van der Waals surface area contributed by atoms with Crippen LogP contribution in [-0.4, -0.2) is 23.5 Å². The Hall–Kier alpha value is -1.62. The molecule has 0 aromatic heterocycles. The molecule has 0 radical (unpaired) electrons. The number of carbonyl (C=O) groups excluding carboxylic acids is 1. The summed E-state index contributed by atoms with van der Waals surface area (Å²) in [6, 6.07) is 5.86. The second-order valence-corrected chi connectivity index (χ2v) is 4.96. The molecule has 98 valence electrons. The van der Waals surface area contributed by atoms with Crippen molar-refractivity contribution in [2.75, 3.05) is 11.4 Å². The molecule has 5 heteroatoms. The van der Waals surface area contributed by atoms with Gasteiger partial charge in [-0.25, -0.2) is 0 Å². The fraction of sp³-hybridized carbons (Fsp3) is 0.385. The molecule has 18 heavy (non-hydrogen) atoms. The van der Waals surface area contributed by atoms with E-state index in [0.717, 1.165) is 16.8 Å². The van der Waals surface area contributed by atoms with Crippen LogP contribution in [0.15, 0.2) is 18.2 Å². The molecule has 0 aliphatic rings. The van der Waals surface area contributed by atoms with Gasteiger partial charge in [0.25, 0.3) is 0 Å². The number of amides is 1. The van der Waals surface area contributed by atoms with Gasteiger partial charge in [0.1, 0.15) is 4.99 Å². The number of aryl methyl sites for hydroxylation is 1. The fourth-order valence-corrected chi connectivity index (χ4v) is 2.09. The van der Waals surface area contributed by atoms with Gasteiger partial charge >= 0.3 is 0 Å². The van der Waals surface area contributed by atoms with Crippen molar-refractivity contribution in [1.82, 2.24) is 0 Å². The van der Waals surface area contributed by atoms with Crippen molar-refractivity contribution in [2.24, 2.45) is 11.5 Å². The van der Waals surface area contributed by atoms with Crippen LogP contribution in [0.1, 0.15) is 25.0 Å². The summed E-state index contributed by atoms with van der Waals surface area (Å²) in [6.07, 6.45) is 0. The Morgan fingerprint density at radius 2 is 2.00 bits per heavy atom. The van der Waals surface area contributed by atoms with Crippen molar-refractivity contribution >= 4 is 28.8 Å². The number of para-hydroxylation sites is 1. The first-order valence-corrected chi connectivity index (χ1v) is 6.19. The maximum atomic E-state index is 11.2. The maximum Gasteiger partial charge on any atom is 0.236 e. The minimum absolute atomic E-state index is 0.131. The molecule has 0 fully saturated rings. The minimum atomic E-state index is -0.374. The Balaban J connectivity index is 3.34. The molecule has 0 aliphatic heterocycles. The first-order valence-electron chi connectivity index (χ1n) is 5.79. The van der Waals surface area contributed by atoms with E-state index in [2.05, 4.69) is 0 Å².